The Kier molecular flexibility index (Phi) is 6.37. The Labute approximate surface area is 182 Å². The Morgan fingerprint density at radius 1 is 1.13 bits per heavy atom. The van der Waals surface area contributed by atoms with Gasteiger partial charge in [-0.3, -0.25) is 14.3 Å². The van der Waals surface area contributed by atoms with Crippen LogP contribution in [-0.4, -0.2) is 67.8 Å². The summed E-state index contributed by atoms with van der Waals surface area (Å²) < 4.78 is 30.7. The Morgan fingerprint density at radius 3 is 2.42 bits per heavy atom. The van der Waals surface area contributed by atoms with E-state index in [1.165, 1.54) is 6.07 Å². The van der Waals surface area contributed by atoms with Gasteiger partial charge in [-0.2, -0.15) is 0 Å². The Balaban J connectivity index is 1.39. The molecule has 0 spiro atoms. The molecule has 1 saturated carbocycles. The van der Waals surface area contributed by atoms with Crippen molar-refractivity contribution < 1.29 is 17.9 Å². The van der Waals surface area contributed by atoms with E-state index >= 15 is 0 Å². The van der Waals surface area contributed by atoms with Crippen LogP contribution in [0.25, 0.3) is 11.0 Å². The zero-order valence-electron chi connectivity index (χ0n) is 18.2. The number of H-pyrrole nitrogens is 1. The zero-order chi connectivity index (χ0) is 22.2. The van der Waals surface area contributed by atoms with E-state index in [1.54, 1.807) is 23.8 Å². The Hall–Kier alpha value is -1.97. The number of benzene rings is 1. The van der Waals surface area contributed by atoms with Crippen LogP contribution in [0.2, 0.25) is 0 Å². The minimum Gasteiger partial charge on any atom is -0.381 e. The molecule has 0 unspecified atom stereocenters. The Bertz CT molecular complexity index is 1100. The summed E-state index contributed by atoms with van der Waals surface area (Å²) in [4.78, 5) is 30.5. The fraction of sp³-hybridized carbons (Fsp3) is 0.636. The van der Waals surface area contributed by atoms with Crippen molar-refractivity contribution in [1.29, 1.82) is 0 Å². The summed E-state index contributed by atoms with van der Waals surface area (Å²) in [5.41, 5.74) is 1.05. The van der Waals surface area contributed by atoms with E-state index in [0.29, 0.717) is 23.9 Å². The van der Waals surface area contributed by atoms with Gasteiger partial charge in [-0.1, -0.05) is 0 Å². The van der Waals surface area contributed by atoms with Crippen molar-refractivity contribution in [2.24, 2.45) is 5.92 Å². The molecule has 1 aliphatic carbocycles. The van der Waals surface area contributed by atoms with Crippen molar-refractivity contribution in [3.05, 3.63) is 28.7 Å². The van der Waals surface area contributed by atoms with Gasteiger partial charge < -0.3 is 9.72 Å². The number of rotatable bonds is 6. The second-order valence-electron chi connectivity index (χ2n) is 8.93. The molecule has 31 heavy (non-hydrogen) atoms. The maximum atomic E-state index is 12.7. The van der Waals surface area contributed by atoms with Crippen LogP contribution < -0.4 is 5.69 Å². The number of ether oxygens (including phenoxy) is 1. The van der Waals surface area contributed by atoms with Gasteiger partial charge in [-0.15, -0.1) is 0 Å². The second-order valence-corrected chi connectivity index (χ2v) is 10.9. The van der Waals surface area contributed by atoms with Crippen molar-refractivity contribution >= 4 is 26.7 Å². The molecule has 2 fully saturated rings. The number of imidazole rings is 1. The molecule has 2 aliphatic rings. The van der Waals surface area contributed by atoms with E-state index in [-0.39, 0.29) is 22.5 Å². The molecular weight excluding hydrogens is 418 g/mol. The second kappa shape index (κ2) is 8.88. The third kappa shape index (κ3) is 4.78. The number of carbonyl (C=O) groups is 1. The topological polar surface area (TPSA) is 101 Å². The molecule has 8 nitrogen and oxygen atoms in total. The van der Waals surface area contributed by atoms with Gasteiger partial charge in [0.2, 0.25) is 0 Å². The first-order chi connectivity index (χ1) is 14.8. The van der Waals surface area contributed by atoms with E-state index in [1.807, 2.05) is 0 Å². The highest BCUT2D eigenvalue weighted by molar-refractivity contribution is 7.90. The number of methoxy groups -OCH3 is 1. The van der Waals surface area contributed by atoms with Gasteiger partial charge in [0.05, 0.1) is 28.6 Å². The van der Waals surface area contributed by atoms with Gasteiger partial charge in [-0.25, -0.2) is 13.2 Å². The van der Waals surface area contributed by atoms with Crippen LogP contribution >= 0.6 is 0 Å². The first-order valence-corrected chi connectivity index (χ1v) is 12.9. The van der Waals surface area contributed by atoms with E-state index in [4.69, 9.17) is 4.74 Å². The molecule has 1 aromatic heterocycles. The summed E-state index contributed by atoms with van der Waals surface area (Å²) >= 11 is 0. The fourth-order valence-electron chi connectivity index (χ4n) is 5.01. The summed E-state index contributed by atoms with van der Waals surface area (Å²) in [6.45, 7) is 2.02. The number of sulfone groups is 1. The predicted octanol–water partition coefficient (Wildman–Crippen LogP) is 2.14. The van der Waals surface area contributed by atoms with Crippen molar-refractivity contribution in [2.45, 2.75) is 55.6 Å². The highest BCUT2D eigenvalue weighted by Crippen LogP contribution is 2.29. The molecule has 0 bridgehead atoms. The zero-order valence-corrected chi connectivity index (χ0v) is 19.0. The molecular formula is C22H31N3O5S. The molecule has 0 atom stereocenters. The number of hydrogen-bond donors (Lipinski definition) is 1. The summed E-state index contributed by atoms with van der Waals surface area (Å²) in [5, 5.41) is 0. The quantitative estimate of drug-likeness (QED) is 0.725. The van der Waals surface area contributed by atoms with Crippen LogP contribution in [0.5, 0.6) is 0 Å². The molecule has 9 heteroatoms. The number of carbonyl (C=O) groups excluding carboxylic acids is 1. The summed E-state index contributed by atoms with van der Waals surface area (Å²) in [6, 6.07) is 4.81. The predicted molar refractivity (Wildman–Crippen MR) is 118 cm³/mol. The van der Waals surface area contributed by atoms with Crippen LogP contribution in [0.1, 0.15) is 44.6 Å². The molecule has 0 amide bonds. The smallest absolute Gasteiger partial charge is 0.326 e. The average Bonchev–Trinajstić information content (AvgIpc) is 3.08. The number of piperidine rings is 1. The lowest BCUT2D eigenvalue weighted by Crippen LogP contribution is -2.41. The number of aromatic amines is 1. The van der Waals surface area contributed by atoms with Crippen LogP contribution in [0.4, 0.5) is 0 Å². The van der Waals surface area contributed by atoms with E-state index in [0.717, 1.165) is 63.4 Å². The van der Waals surface area contributed by atoms with Gasteiger partial charge in [0, 0.05) is 38.4 Å². The number of nitrogens with zero attached hydrogens (tertiary/aromatic N) is 2. The summed E-state index contributed by atoms with van der Waals surface area (Å²) in [7, 11) is -1.60. The third-order valence-electron chi connectivity index (χ3n) is 6.88. The lowest BCUT2D eigenvalue weighted by Gasteiger charge is -2.33. The molecule has 1 saturated heterocycles. The van der Waals surface area contributed by atoms with Crippen LogP contribution in [-0.2, 0) is 19.4 Å². The molecule has 1 aliphatic heterocycles. The van der Waals surface area contributed by atoms with Crippen LogP contribution in [0, 0.1) is 5.92 Å². The van der Waals surface area contributed by atoms with E-state index < -0.39 is 9.84 Å². The van der Waals surface area contributed by atoms with Crippen LogP contribution in [0.15, 0.2) is 27.9 Å². The summed E-state index contributed by atoms with van der Waals surface area (Å²) in [5.74, 6) is 0.468. The third-order valence-corrected chi connectivity index (χ3v) is 7.99. The van der Waals surface area contributed by atoms with Gasteiger partial charge in [-0.05, 0) is 56.7 Å². The van der Waals surface area contributed by atoms with Gasteiger partial charge >= 0.3 is 5.69 Å². The van der Waals surface area contributed by atoms with E-state index in [2.05, 4.69) is 9.88 Å². The fourth-order valence-corrected chi connectivity index (χ4v) is 5.66. The molecule has 2 heterocycles. The molecule has 0 radical (unpaired) electrons. The standard InChI is InChI=1S/C22H31N3O5S/c1-30-17-5-3-15(4-6-17)21(26)14-24-11-9-16(10-12-24)25-20-8-7-18(31(2,28)29)13-19(20)23-22(25)27/h7-8,13,15-17H,3-6,9-12,14H2,1-2H3,(H,23,27). The lowest BCUT2D eigenvalue weighted by atomic mass is 9.84. The maximum absolute atomic E-state index is 12.7. The average molecular weight is 450 g/mol. The normalized spacial score (nSPS) is 23.9. The maximum Gasteiger partial charge on any atom is 0.326 e. The number of likely N-dealkylation sites (tertiary alicyclic amines) is 1. The first kappa shape index (κ1) is 22.2. The minimum atomic E-state index is -3.33. The minimum absolute atomic E-state index is 0.0360. The molecule has 1 N–H and O–H groups in total. The van der Waals surface area contributed by atoms with Gasteiger partial charge in [0.15, 0.2) is 9.84 Å². The van der Waals surface area contributed by atoms with Gasteiger partial charge in [0.1, 0.15) is 5.78 Å². The van der Waals surface area contributed by atoms with Crippen molar-refractivity contribution in [1.82, 2.24) is 14.5 Å². The monoisotopic (exact) mass is 449 g/mol. The van der Waals surface area contributed by atoms with Crippen molar-refractivity contribution in [3.63, 3.8) is 0 Å². The van der Waals surface area contributed by atoms with Crippen molar-refractivity contribution in [3.8, 4) is 0 Å². The molecule has 2 aromatic rings. The highest BCUT2D eigenvalue weighted by Gasteiger charge is 2.29. The number of aromatic nitrogens is 2. The molecule has 170 valence electrons. The number of Topliss-reactive ketones (excluding diaryl/α,β-unsaturated/α-hetero) is 1. The number of ketones is 1. The lowest BCUT2D eigenvalue weighted by molar-refractivity contribution is -0.126. The number of nitrogens with one attached hydrogen (secondary N) is 1. The highest BCUT2D eigenvalue weighted by atomic mass is 32.2. The van der Waals surface area contributed by atoms with Crippen LogP contribution in [0.3, 0.4) is 0 Å². The van der Waals surface area contributed by atoms with Gasteiger partial charge in [0.25, 0.3) is 0 Å². The largest absolute Gasteiger partial charge is 0.381 e. The SMILES string of the molecule is COC1CCC(C(=O)CN2CCC(n3c(=O)[nH]c4cc(S(C)(=O)=O)ccc43)CC2)CC1. The number of hydrogen-bond acceptors (Lipinski definition) is 6. The number of fused-ring (bicyclic) bond motifs is 1. The van der Waals surface area contributed by atoms with E-state index in [9.17, 15) is 18.0 Å². The first-order valence-electron chi connectivity index (χ1n) is 11.0. The van der Waals surface area contributed by atoms with Crippen molar-refractivity contribution in [2.75, 3.05) is 33.0 Å². The Morgan fingerprint density at radius 2 is 1.81 bits per heavy atom. The molecule has 4 rings (SSSR count). The molecule has 1 aromatic carbocycles. The summed E-state index contributed by atoms with van der Waals surface area (Å²) in [6.07, 6.45) is 6.75.